The van der Waals surface area contributed by atoms with Gasteiger partial charge >= 0.3 is 0 Å². The predicted octanol–water partition coefficient (Wildman–Crippen LogP) is 7.28. The van der Waals surface area contributed by atoms with Crippen LogP contribution < -0.4 is 14.2 Å². The van der Waals surface area contributed by atoms with Crippen LogP contribution in [0.1, 0.15) is 51.9 Å². The summed E-state index contributed by atoms with van der Waals surface area (Å²) in [4.78, 5) is 8.67. The molecular formula is C42H47ClN6O4. The van der Waals surface area contributed by atoms with E-state index in [9.17, 15) is 10.4 Å². The minimum absolute atomic E-state index is 0.201. The summed E-state index contributed by atoms with van der Waals surface area (Å²) in [7, 11) is 2.05. The molecule has 0 bridgehead atoms. The summed E-state index contributed by atoms with van der Waals surface area (Å²) in [5.74, 6) is 2.05. The number of halogens is 1. The Bertz CT molecular complexity index is 2010. The standard InChI is InChI=1S/C42H47ClN6O4/c1-29-33(7-4-8-37(29)38-9-5-10-40(30(38)2)51-18-6-15-49-17-13-36(50)26-49)28-53-42-21-41(52-27-32-19-31(22-44)23-45-24-32)34(20-39(42)43)25-48(3)16-12-35-11-14-46-47-35/h4-5,7-11,14,19-21,23-24,36,50H,6,12-13,15-18,25-28H2,1-3H3,(H,46,47)/t36-/m1/s1. The fourth-order valence-electron chi connectivity index (χ4n) is 6.67. The third kappa shape index (κ3) is 10.2. The monoisotopic (exact) mass is 734 g/mol. The Morgan fingerprint density at radius 2 is 1.77 bits per heavy atom. The molecule has 0 amide bonds. The van der Waals surface area contributed by atoms with Gasteiger partial charge in [-0.2, -0.15) is 10.4 Å². The zero-order valence-corrected chi connectivity index (χ0v) is 31.4. The van der Waals surface area contributed by atoms with Gasteiger partial charge in [-0.3, -0.25) is 10.1 Å². The number of aromatic nitrogens is 3. The van der Waals surface area contributed by atoms with Crippen molar-refractivity contribution >= 4 is 11.6 Å². The molecule has 1 atom stereocenters. The molecule has 0 saturated carbocycles. The number of benzene rings is 3. The van der Waals surface area contributed by atoms with Crippen molar-refractivity contribution in [2.75, 3.05) is 39.8 Å². The molecule has 6 rings (SSSR count). The maximum absolute atomic E-state index is 9.81. The first-order chi connectivity index (χ1) is 25.8. The number of nitriles is 1. The van der Waals surface area contributed by atoms with Crippen LogP contribution in [0.15, 0.2) is 79.3 Å². The smallest absolute Gasteiger partial charge is 0.142 e. The van der Waals surface area contributed by atoms with Gasteiger partial charge in [0.05, 0.1) is 29.0 Å². The Morgan fingerprint density at radius 1 is 0.962 bits per heavy atom. The number of aliphatic hydroxyl groups is 1. The molecule has 0 spiro atoms. The van der Waals surface area contributed by atoms with E-state index in [1.165, 1.54) is 6.20 Å². The molecule has 1 fully saturated rings. The first-order valence-electron chi connectivity index (χ1n) is 18.1. The zero-order chi connectivity index (χ0) is 37.2. The van der Waals surface area contributed by atoms with Gasteiger partial charge in [0.2, 0.25) is 0 Å². The molecule has 3 aromatic carbocycles. The number of hydrogen-bond donors (Lipinski definition) is 2. The van der Waals surface area contributed by atoms with Gasteiger partial charge in [0.1, 0.15) is 36.5 Å². The lowest BCUT2D eigenvalue weighted by Crippen LogP contribution is -2.24. The van der Waals surface area contributed by atoms with Gasteiger partial charge in [0.15, 0.2) is 0 Å². The fraction of sp³-hybridized carbons (Fsp3) is 0.357. The number of nitrogens with zero attached hydrogens (tertiary/aromatic N) is 5. The summed E-state index contributed by atoms with van der Waals surface area (Å²) >= 11 is 6.88. The van der Waals surface area contributed by atoms with Crippen molar-refractivity contribution < 1.29 is 19.3 Å². The van der Waals surface area contributed by atoms with Crippen molar-refractivity contribution in [3.8, 4) is 34.4 Å². The molecule has 2 aromatic heterocycles. The average Bonchev–Trinajstić information content (AvgIpc) is 3.85. The van der Waals surface area contributed by atoms with E-state index in [0.29, 0.717) is 41.8 Å². The second-order valence-corrected chi connectivity index (χ2v) is 14.1. The molecule has 276 valence electrons. The average molecular weight is 735 g/mol. The SMILES string of the molecule is Cc1c(COc2cc(OCc3cncc(C#N)c3)c(CN(C)CCc3cc[nH]n3)cc2Cl)cccc1-c1cccc(OCCCN2CC[C@@H](O)C2)c1C. The Kier molecular flexibility index (Phi) is 13.0. The normalized spacial score (nSPS) is 14.4. The quantitative estimate of drug-likeness (QED) is 0.0950. The van der Waals surface area contributed by atoms with Gasteiger partial charge in [-0.05, 0) is 85.8 Å². The number of aliphatic hydroxyl groups excluding tert-OH is 1. The highest BCUT2D eigenvalue weighted by Crippen LogP contribution is 2.37. The van der Waals surface area contributed by atoms with E-state index in [-0.39, 0.29) is 12.7 Å². The van der Waals surface area contributed by atoms with Gasteiger partial charge in [-0.15, -0.1) is 0 Å². The van der Waals surface area contributed by atoms with Gasteiger partial charge in [-0.25, -0.2) is 0 Å². The van der Waals surface area contributed by atoms with Crippen LogP contribution in [0.3, 0.4) is 0 Å². The third-order valence-electron chi connectivity index (χ3n) is 9.71. The molecule has 0 unspecified atom stereocenters. The Hall–Kier alpha value is -4.92. The highest BCUT2D eigenvalue weighted by molar-refractivity contribution is 6.32. The first kappa shape index (κ1) is 37.8. The molecule has 1 aliphatic rings. The van der Waals surface area contributed by atoms with Crippen molar-refractivity contribution in [2.45, 2.75) is 59.0 Å². The van der Waals surface area contributed by atoms with Crippen LogP contribution in [0.5, 0.6) is 17.2 Å². The summed E-state index contributed by atoms with van der Waals surface area (Å²) in [6.45, 7) is 9.42. The van der Waals surface area contributed by atoms with Crippen LogP contribution >= 0.6 is 11.6 Å². The van der Waals surface area contributed by atoms with Crippen LogP contribution in [0, 0.1) is 25.2 Å². The lowest BCUT2D eigenvalue weighted by atomic mass is 9.93. The molecule has 11 heteroatoms. The van der Waals surface area contributed by atoms with E-state index in [1.807, 2.05) is 36.5 Å². The molecule has 2 N–H and O–H groups in total. The second kappa shape index (κ2) is 18.2. The van der Waals surface area contributed by atoms with E-state index in [0.717, 1.165) is 95.8 Å². The number of likely N-dealkylation sites (N-methyl/N-ethyl adjacent to an activating group) is 1. The predicted molar refractivity (Wildman–Crippen MR) is 206 cm³/mol. The summed E-state index contributed by atoms with van der Waals surface area (Å²) in [5, 5.41) is 26.8. The highest BCUT2D eigenvalue weighted by Gasteiger charge is 2.20. The van der Waals surface area contributed by atoms with Gasteiger partial charge in [0, 0.05) is 74.9 Å². The number of aromatic amines is 1. The summed E-state index contributed by atoms with van der Waals surface area (Å²) < 4.78 is 19.0. The number of nitrogens with one attached hydrogen (secondary N) is 1. The number of likely N-dealkylation sites (tertiary alicyclic amines) is 1. The number of pyridine rings is 1. The lowest BCUT2D eigenvalue weighted by molar-refractivity contribution is 0.173. The number of H-pyrrole nitrogens is 1. The van der Waals surface area contributed by atoms with Crippen LogP contribution in [-0.4, -0.2) is 76.0 Å². The molecule has 53 heavy (non-hydrogen) atoms. The number of ether oxygens (including phenoxy) is 3. The Labute approximate surface area is 316 Å². The van der Waals surface area contributed by atoms with E-state index in [2.05, 4.69) is 76.2 Å². The third-order valence-corrected chi connectivity index (χ3v) is 10.0. The maximum Gasteiger partial charge on any atom is 0.142 e. The van der Waals surface area contributed by atoms with E-state index >= 15 is 0 Å². The lowest BCUT2D eigenvalue weighted by Gasteiger charge is -2.21. The van der Waals surface area contributed by atoms with Gasteiger partial charge < -0.3 is 29.1 Å². The van der Waals surface area contributed by atoms with Crippen molar-refractivity contribution in [1.82, 2.24) is 25.0 Å². The summed E-state index contributed by atoms with van der Waals surface area (Å²) in [6, 6.07) is 22.1. The largest absolute Gasteiger partial charge is 0.493 e. The van der Waals surface area contributed by atoms with Crippen LogP contribution in [0.2, 0.25) is 5.02 Å². The summed E-state index contributed by atoms with van der Waals surface area (Å²) in [6.07, 6.45) is 7.43. The van der Waals surface area contributed by atoms with Gasteiger partial charge in [0.25, 0.3) is 0 Å². The van der Waals surface area contributed by atoms with Crippen LogP contribution in [-0.2, 0) is 26.2 Å². The number of β-amino-alcohol motifs (C(OH)–C–C–N with tert-alkyl or cyclic N) is 1. The fourth-order valence-corrected chi connectivity index (χ4v) is 6.91. The molecule has 5 aromatic rings. The topological polar surface area (TPSA) is 120 Å². The number of hydrogen-bond acceptors (Lipinski definition) is 9. The molecule has 1 saturated heterocycles. The van der Waals surface area contributed by atoms with Crippen molar-refractivity contribution in [3.05, 3.63) is 123 Å². The van der Waals surface area contributed by atoms with Crippen LogP contribution in [0.4, 0.5) is 0 Å². The van der Waals surface area contributed by atoms with E-state index < -0.39 is 0 Å². The van der Waals surface area contributed by atoms with E-state index in [1.54, 1.807) is 12.3 Å². The molecule has 0 radical (unpaired) electrons. The van der Waals surface area contributed by atoms with Crippen molar-refractivity contribution in [3.63, 3.8) is 0 Å². The minimum Gasteiger partial charge on any atom is -0.493 e. The van der Waals surface area contributed by atoms with Gasteiger partial charge in [-0.1, -0.05) is 41.9 Å². The van der Waals surface area contributed by atoms with Crippen molar-refractivity contribution in [1.29, 1.82) is 5.26 Å². The zero-order valence-electron chi connectivity index (χ0n) is 30.6. The minimum atomic E-state index is -0.201. The summed E-state index contributed by atoms with van der Waals surface area (Å²) in [5.41, 5.74) is 8.69. The van der Waals surface area contributed by atoms with E-state index in [4.69, 9.17) is 25.8 Å². The Balaban J connectivity index is 1.15. The van der Waals surface area contributed by atoms with Crippen LogP contribution in [0.25, 0.3) is 11.1 Å². The Morgan fingerprint density at radius 3 is 2.55 bits per heavy atom. The van der Waals surface area contributed by atoms with Crippen molar-refractivity contribution in [2.24, 2.45) is 0 Å². The highest BCUT2D eigenvalue weighted by atomic mass is 35.5. The maximum atomic E-state index is 9.81. The molecular weight excluding hydrogens is 688 g/mol. The second-order valence-electron chi connectivity index (χ2n) is 13.7. The molecule has 10 nitrogen and oxygen atoms in total. The molecule has 0 aliphatic carbocycles. The molecule has 3 heterocycles. The number of rotatable bonds is 17. The molecule has 1 aliphatic heterocycles. The first-order valence-corrected chi connectivity index (χ1v) is 18.5.